The molecule has 1 aliphatic rings. The predicted octanol–water partition coefficient (Wildman–Crippen LogP) is 6.11. The van der Waals surface area contributed by atoms with Gasteiger partial charge in [0.2, 0.25) is 0 Å². The van der Waals surface area contributed by atoms with Crippen LogP contribution in [0.2, 0.25) is 5.02 Å². The summed E-state index contributed by atoms with van der Waals surface area (Å²) in [5.41, 5.74) is 3.02. The minimum absolute atomic E-state index is 0.00329. The molecular weight excluding hydrogens is 511 g/mol. The minimum Gasteiger partial charge on any atom is -0.495 e. The van der Waals surface area contributed by atoms with Gasteiger partial charge in [-0.3, -0.25) is 14.7 Å². The summed E-state index contributed by atoms with van der Waals surface area (Å²) in [6.07, 6.45) is 1.79. The van der Waals surface area contributed by atoms with Gasteiger partial charge in [0.05, 0.1) is 22.5 Å². The molecule has 0 atom stereocenters. The van der Waals surface area contributed by atoms with E-state index in [4.69, 9.17) is 16.3 Å². The number of anilines is 1. The average molecular weight is 537 g/mol. The summed E-state index contributed by atoms with van der Waals surface area (Å²) in [4.78, 5) is 22.5. The molecule has 1 fully saturated rings. The number of carbonyl (C=O) groups is 1. The van der Waals surface area contributed by atoms with Crippen molar-refractivity contribution in [2.24, 2.45) is 0 Å². The number of amides is 1. The molecule has 190 valence electrons. The van der Waals surface area contributed by atoms with E-state index in [0.29, 0.717) is 49.6 Å². The van der Waals surface area contributed by atoms with E-state index in [1.54, 1.807) is 12.3 Å². The van der Waals surface area contributed by atoms with Crippen LogP contribution in [0.5, 0.6) is 5.75 Å². The largest absolute Gasteiger partial charge is 0.495 e. The molecule has 6 nitrogen and oxygen atoms in total. The van der Waals surface area contributed by atoms with Crippen molar-refractivity contribution in [1.29, 1.82) is 0 Å². The lowest BCUT2D eigenvalue weighted by atomic mass is 10.1. The van der Waals surface area contributed by atoms with Crippen LogP contribution >= 0.6 is 23.5 Å². The van der Waals surface area contributed by atoms with E-state index < -0.39 is 0 Å². The number of ether oxygens (including phenoxy) is 1. The number of hydrogen-bond donors (Lipinski definition) is 1. The molecule has 0 spiro atoms. The molecule has 1 aliphatic heterocycles. The van der Waals surface area contributed by atoms with Gasteiger partial charge in [-0.15, -0.1) is 0 Å². The predicted molar refractivity (Wildman–Crippen MR) is 147 cm³/mol. The Morgan fingerprint density at radius 2 is 1.84 bits per heavy atom. The highest BCUT2D eigenvalue weighted by Gasteiger charge is 2.23. The number of pyridine rings is 1. The Morgan fingerprint density at radius 1 is 1.08 bits per heavy atom. The van der Waals surface area contributed by atoms with Gasteiger partial charge in [0.15, 0.2) is 0 Å². The van der Waals surface area contributed by atoms with Crippen molar-refractivity contribution in [1.82, 2.24) is 14.8 Å². The number of methoxy groups -OCH3 is 1. The molecule has 0 saturated carbocycles. The van der Waals surface area contributed by atoms with Gasteiger partial charge in [-0.2, -0.15) is 0 Å². The highest BCUT2D eigenvalue weighted by Crippen LogP contribution is 2.29. The Kier molecular flexibility index (Phi) is 7.79. The fraction of sp³-hybridized carbons (Fsp3) is 0.214. The third-order valence-electron chi connectivity index (χ3n) is 6.38. The molecule has 0 radical (unpaired) electrons. The first-order valence-corrected chi connectivity index (χ1v) is 13.1. The molecule has 5 rings (SSSR count). The molecule has 0 aliphatic carbocycles. The molecule has 9 heteroatoms. The van der Waals surface area contributed by atoms with E-state index in [0.717, 1.165) is 21.5 Å². The monoisotopic (exact) mass is 536 g/mol. The van der Waals surface area contributed by atoms with Crippen LogP contribution in [0, 0.1) is 5.82 Å². The Bertz CT molecular complexity index is 1410. The lowest BCUT2D eigenvalue weighted by Crippen LogP contribution is -2.48. The van der Waals surface area contributed by atoms with E-state index in [2.05, 4.69) is 14.6 Å². The van der Waals surface area contributed by atoms with Crippen molar-refractivity contribution in [2.45, 2.75) is 11.4 Å². The SMILES string of the molecule is COc1cc(CN2CCN(C(=O)c3ccc(NSc4cccc5cccnc45)cc3)CC2)c(F)cc1Cl. The number of hydrogen-bond acceptors (Lipinski definition) is 6. The maximum absolute atomic E-state index is 14.4. The van der Waals surface area contributed by atoms with Gasteiger partial charge in [0, 0.05) is 61.1 Å². The summed E-state index contributed by atoms with van der Waals surface area (Å²) in [6.45, 7) is 2.91. The van der Waals surface area contributed by atoms with Crippen molar-refractivity contribution < 1.29 is 13.9 Å². The van der Waals surface area contributed by atoms with Gasteiger partial charge in [-0.1, -0.05) is 29.8 Å². The number of fused-ring (bicyclic) bond motifs is 1. The van der Waals surface area contributed by atoms with E-state index in [1.807, 2.05) is 59.5 Å². The van der Waals surface area contributed by atoms with E-state index in [1.165, 1.54) is 25.1 Å². The Balaban J connectivity index is 1.15. The van der Waals surface area contributed by atoms with E-state index >= 15 is 0 Å². The van der Waals surface area contributed by atoms with Gasteiger partial charge < -0.3 is 14.4 Å². The smallest absolute Gasteiger partial charge is 0.253 e. The number of nitrogens with one attached hydrogen (secondary N) is 1. The van der Waals surface area contributed by atoms with Gasteiger partial charge in [-0.25, -0.2) is 4.39 Å². The average Bonchev–Trinajstić information content (AvgIpc) is 2.93. The zero-order valence-corrected chi connectivity index (χ0v) is 21.9. The van der Waals surface area contributed by atoms with E-state index in [-0.39, 0.29) is 16.7 Å². The van der Waals surface area contributed by atoms with Gasteiger partial charge >= 0.3 is 0 Å². The molecule has 1 amide bonds. The summed E-state index contributed by atoms with van der Waals surface area (Å²) in [5.74, 6) is 0.0985. The molecular formula is C28H26ClFN4O2S. The molecule has 0 bridgehead atoms. The van der Waals surface area contributed by atoms with Crippen LogP contribution in [0.15, 0.2) is 77.8 Å². The van der Waals surface area contributed by atoms with Crippen molar-refractivity contribution in [3.8, 4) is 5.75 Å². The topological polar surface area (TPSA) is 57.7 Å². The van der Waals surface area contributed by atoms with Crippen LogP contribution in [0.1, 0.15) is 15.9 Å². The third kappa shape index (κ3) is 5.82. The highest BCUT2D eigenvalue weighted by molar-refractivity contribution is 8.00. The molecule has 0 unspecified atom stereocenters. The number of nitrogens with zero attached hydrogens (tertiary/aromatic N) is 3. The Labute approximate surface area is 224 Å². The Morgan fingerprint density at radius 3 is 2.59 bits per heavy atom. The van der Waals surface area contributed by atoms with Crippen LogP contribution in [0.4, 0.5) is 10.1 Å². The zero-order valence-electron chi connectivity index (χ0n) is 20.3. The fourth-order valence-corrected chi connectivity index (χ4v) is 5.34. The number of rotatable bonds is 7. The summed E-state index contributed by atoms with van der Waals surface area (Å²) in [7, 11) is 1.51. The minimum atomic E-state index is -0.354. The van der Waals surface area contributed by atoms with Crippen LogP contribution in [-0.2, 0) is 6.54 Å². The van der Waals surface area contributed by atoms with Crippen molar-refractivity contribution in [3.05, 3.63) is 94.9 Å². The molecule has 4 aromatic rings. The number of halogens is 2. The van der Waals surface area contributed by atoms with Crippen molar-refractivity contribution in [2.75, 3.05) is 38.0 Å². The Hall–Kier alpha value is -3.33. The van der Waals surface area contributed by atoms with Crippen molar-refractivity contribution >= 4 is 46.0 Å². The number of aromatic nitrogens is 1. The third-order valence-corrected chi connectivity index (χ3v) is 7.56. The summed E-state index contributed by atoms with van der Waals surface area (Å²) >= 11 is 7.50. The molecule has 1 saturated heterocycles. The van der Waals surface area contributed by atoms with E-state index in [9.17, 15) is 9.18 Å². The second kappa shape index (κ2) is 11.4. The summed E-state index contributed by atoms with van der Waals surface area (Å²) in [6, 6.07) is 20.5. The van der Waals surface area contributed by atoms with Crippen LogP contribution in [0.3, 0.4) is 0 Å². The number of piperazine rings is 1. The lowest BCUT2D eigenvalue weighted by Gasteiger charge is -2.35. The van der Waals surface area contributed by atoms with Gasteiger partial charge in [0.1, 0.15) is 11.6 Å². The number of para-hydroxylation sites is 1. The molecule has 3 aromatic carbocycles. The first-order valence-electron chi connectivity index (χ1n) is 11.9. The molecule has 1 aromatic heterocycles. The second-order valence-electron chi connectivity index (χ2n) is 8.76. The van der Waals surface area contributed by atoms with Crippen LogP contribution in [0.25, 0.3) is 10.9 Å². The van der Waals surface area contributed by atoms with Gasteiger partial charge in [-0.05, 0) is 60.5 Å². The fourth-order valence-electron chi connectivity index (χ4n) is 4.33. The molecule has 37 heavy (non-hydrogen) atoms. The quantitative estimate of drug-likeness (QED) is 0.287. The van der Waals surface area contributed by atoms with Crippen LogP contribution in [-0.4, -0.2) is 54.0 Å². The maximum atomic E-state index is 14.4. The maximum Gasteiger partial charge on any atom is 0.253 e. The van der Waals surface area contributed by atoms with Gasteiger partial charge in [0.25, 0.3) is 5.91 Å². The molecule has 2 heterocycles. The molecule has 1 N–H and O–H groups in total. The standard InChI is InChI=1S/C28H26ClFN4O2S/c1-36-25-16-21(24(30)17-23(25)29)18-33-12-14-34(15-13-33)28(35)20-7-9-22(10-8-20)32-37-26-6-2-4-19-5-3-11-31-27(19)26/h2-11,16-17,32H,12-15,18H2,1H3. The first kappa shape index (κ1) is 25.3. The number of carbonyl (C=O) groups excluding carboxylic acids is 1. The first-order chi connectivity index (χ1) is 18.0. The summed E-state index contributed by atoms with van der Waals surface area (Å²) < 4.78 is 22.9. The second-order valence-corrected chi connectivity index (χ2v) is 10.0. The highest BCUT2D eigenvalue weighted by atomic mass is 35.5. The number of benzene rings is 3. The van der Waals surface area contributed by atoms with Crippen LogP contribution < -0.4 is 9.46 Å². The zero-order chi connectivity index (χ0) is 25.8. The lowest BCUT2D eigenvalue weighted by molar-refractivity contribution is 0.0627. The normalized spacial score (nSPS) is 14.1. The summed E-state index contributed by atoms with van der Waals surface area (Å²) in [5, 5.41) is 1.35. The van der Waals surface area contributed by atoms with Crippen molar-refractivity contribution in [3.63, 3.8) is 0 Å².